The van der Waals surface area contributed by atoms with Gasteiger partial charge in [0.15, 0.2) is 0 Å². The molecule has 0 bridgehead atoms. The second-order valence-corrected chi connectivity index (χ2v) is 6.07. The molecule has 19 heavy (non-hydrogen) atoms. The molecule has 0 aromatic carbocycles. The van der Waals surface area contributed by atoms with Gasteiger partial charge in [-0.3, -0.25) is 4.79 Å². The highest BCUT2D eigenvalue weighted by atomic mass is 32.2. The quantitative estimate of drug-likeness (QED) is 0.695. The van der Waals surface area contributed by atoms with Crippen LogP contribution in [0.1, 0.15) is 13.8 Å². The van der Waals surface area contributed by atoms with Crippen molar-refractivity contribution in [1.82, 2.24) is 15.1 Å². The molecule has 2 heterocycles. The lowest BCUT2D eigenvalue weighted by Gasteiger charge is -2.43. The SMILES string of the molecule is CC1(C)C(=O)NCCN1C(=O)N1CSCC1C(=O)O. The van der Waals surface area contributed by atoms with Crippen molar-refractivity contribution in [1.29, 1.82) is 0 Å². The number of amides is 3. The fourth-order valence-electron chi connectivity index (χ4n) is 2.23. The van der Waals surface area contributed by atoms with E-state index in [9.17, 15) is 14.4 Å². The fourth-order valence-corrected chi connectivity index (χ4v) is 3.36. The van der Waals surface area contributed by atoms with E-state index in [1.807, 2.05) is 0 Å². The highest BCUT2D eigenvalue weighted by Gasteiger charge is 2.45. The minimum atomic E-state index is -1.00. The molecule has 2 aliphatic heterocycles. The van der Waals surface area contributed by atoms with Gasteiger partial charge in [-0.25, -0.2) is 9.59 Å². The number of hydrogen-bond acceptors (Lipinski definition) is 4. The predicted octanol–water partition coefficient (Wildman–Crippen LogP) is -0.224. The Balaban J connectivity index is 2.19. The molecule has 2 N–H and O–H groups in total. The Morgan fingerprint density at radius 3 is 2.79 bits per heavy atom. The Morgan fingerprint density at radius 1 is 1.47 bits per heavy atom. The zero-order valence-electron chi connectivity index (χ0n) is 10.9. The lowest BCUT2D eigenvalue weighted by molar-refractivity contribution is -0.141. The van der Waals surface area contributed by atoms with Gasteiger partial charge in [-0.15, -0.1) is 11.8 Å². The van der Waals surface area contributed by atoms with Crippen LogP contribution in [0.15, 0.2) is 0 Å². The molecule has 2 saturated heterocycles. The normalized spacial score (nSPS) is 26.2. The van der Waals surface area contributed by atoms with E-state index < -0.39 is 17.6 Å². The van der Waals surface area contributed by atoms with Gasteiger partial charge in [0.05, 0.1) is 5.88 Å². The van der Waals surface area contributed by atoms with Crippen LogP contribution < -0.4 is 5.32 Å². The number of piperazine rings is 1. The number of urea groups is 1. The summed E-state index contributed by atoms with van der Waals surface area (Å²) in [7, 11) is 0. The maximum Gasteiger partial charge on any atom is 0.327 e. The van der Waals surface area contributed by atoms with Gasteiger partial charge in [0.25, 0.3) is 0 Å². The van der Waals surface area contributed by atoms with E-state index in [0.29, 0.717) is 24.7 Å². The molecule has 3 amide bonds. The smallest absolute Gasteiger partial charge is 0.327 e. The molecule has 7 nitrogen and oxygen atoms in total. The largest absolute Gasteiger partial charge is 0.480 e. The summed E-state index contributed by atoms with van der Waals surface area (Å²) in [5.41, 5.74) is -0.953. The number of carbonyl (C=O) groups excluding carboxylic acids is 2. The Kier molecular flexibility index (Phi) is 3.62. The zero-order chi connectivity index (χ0) is 14.2. The third-order valence-corrected chi connectivity index (χ3v) is 4.51. The van der Waals surface area contributed by atoms with Gasteiger partial charge < -0.3 is 20.2 Å². The van der Waals surface area contributed by atoms with Gasteiger partial charge in [0.2, 0.25) is 5.91 Å². The van der Waals surface area contributed by atoms with Crippen molar-refractivity contribution >= 4 is 29.7 Å². The van der Waals surface area contributed by atoms with Crippen molar-refractivity contribution < 1.29 is 19.5 Å². The standard InChI is InChI=1S/C11H17N3O4S/c1-11(2)9(17)12-3-4-14(11)10(18)13-6-19-5-7(13)8(15)16/h7H,3-6H2,1-2H3,(H,12,17)(H,15,16). The maximum absolute atomic E-state index is 12.5. The first-order valence-corrected chi connectivity index (χ1v) is 7.18. The van der Waals surface area contributed by atoms with Gasteiger partial charge in [-0.1, -0.05) is 0 Å². The summed E-state index contributed by atoms with van der Waals surface area (Å²) in [4.78, 5) is 38.2. The topological polar surface area (TPSA) is 90.0 Å². The molecule has 0 radical (unpaired) electrons. The Bertz CT molecular complexity index is 426. The molecule has 0 aromatic heterocycles. The van der Waals surface area contributed by atoms with Crippen molar-refractivity contribution in [3.05, 3.63) is 0 Å². The molecular weight excluding hydrogens is 270 g/mol. The summed E-state index contributed by atoms with van der Waals surface area (Å²) in [5, 5.41) is 11.8. The molecule has 1 atom stereocenters. The summed E-state index contributed by atoms with van der Waals surface area (Å²) in [5.74, 6) is -0.477. The Hall–Kier alpha value is -1.44. The number of carboxylic acids is 1. The van der Waals surface area contributed by atoms with Crippen LogP contribution in [0, 0.1) is 0 Å². The third-order valence-electron chi connectivity index (χ3n) is 3.50. The second-order valence-electron chi connectivity index (χ2n) is 5.07. The molecule has 0 saturated carbocycles. The van der Waals surface area contributed by atoms with Gasteiger partial charge in [0, 0.05) is 18.8 Å². The molecule has 8 heteroatoms. The zero-order valence-corrected chi connectivity index (χ0v) is 11.7. The van der Waals surface area contributed by atoms with Crippen LogP contribution >= 0.6 is 11.8 Å². The van der Waals surface area contributed by atoms with E-state index in [4.69, 9.17) is 5.11 Å². The number of hydrogen-bond donors (Lipinski definition) is 2. The average molecular weight is 287 g/mol. The maximum atomic E-state index is 12.5. The first kappa shape index (κ1) is 14.0. The summed E-state index contributed by atoms with van der Waals surface area (Å²) in [6.07, 6.45) is 0. The van der Waals surface area contributed by atoms with Gasteiger partial charge in [-0.2, -0.15) is 0 Å². The molecule has 106 valence electrons. The van der Waals surface area contributed by atoms with Crippen molar-refractivity contribution in [3.63, 3.8) is 0 Å². The van der Waals surface area contributed by atoms with Crippen LogP contribution in [-0.4, -0.2) is 69.1 Å². The van der Waals surface area contributed by atoms with E-state index in [1.54, 1.807) is 13.8 Å². The second kappa shape index (κ2) is 4.92. The minimum Gasteiger partial charge on any atom is -0.480 e. The minimum absolute atomic E-state index is 0.217. The van der Waals surface area contributed by atoms with E-state index in [2.05, 4.69) is 5.32 Å². The fraction of sp³-hybridized carbons (Fsp3) is 0.727. The van der Waals surface area contributed by atoms with Crippen LogP contribution in [0.3, 0.4) is 0 Å². The molecule has 1 unspecified atom stereocenters. The van der Waals surface area contributed by atoms with Crippen LogP contribution in [0.2, 0.25) is 0 Å². The number of aliphatic carboxylic acids is 1. The number of carbonyl (C=O) groups is 3. The molecule has 2 rings (SSSR count). The van der Waals surface area contributed by atoms with Crippen LogP contribution in [0.5, 0.6) is 0 Å². The lowest BCUT2D eigenvalue weighted by Crippen LogP contribution is -2.66. The summed E-state index contributed by atoms with van der Waals surface area (Å²) < 4.78 is 0. The van der Waals surface area contributed by atoms with E-state index in [0.717, 1.165) is 0 Å². The molecule has 2 aliphatic rings. The predicted molar refractivity (Wildman–Crippen MR) is 69.8 cm³/mol. The highest BCUT2D eigenvalue weighted by Crippen LogP contribution is 2.26. The van der Waals surface area contributed by atoms with Gasteiger partial charge in [0.1, 0.15) is 11.6 Å². The monoisotopic (exact) mass is 287 g/mol. The Morgan fingerprint density at radius 2 is 2.16 bits per heavy atom. The van der Waals surface area contributed by atoms with Gasteiger partial charge in [-0.05, 0) is 13.8 Å². The van der Waals surface area contributed by atoms with Crippen LogP contribution in [-0.2, 0) is 9.59 Å². The number of nitrogens with one attached hydrogen (secondary N) is 1. The van der Waals surface area contributed by atoms with Crippen LogP contribution in [0.25, 0.3) is 0 Å². The van der Waals surface area contributed by atoms with Gasteiger partial charge >= 0.3 is 12.0 Å². The molecule has 2 fully saturated rings. The number of nitrogens with zero attached hydrogens (tertiary/aromatic N) is 2. The van der Waals surface area contributed by atoms with E-state index >= 15 is 0 Å². The van der Waals surface area contributed by atoms with Crippen molar-refractivity contribution in [3.8, 4) is 0 Å². The van der Waals surface area contributed by atoms with E-state index in [1.165, 1.54) is 21.6 Å². The summed E-state index contributed by atoms with van der Waals surface area (Å²) >= 11 is 1.41. The molecule has 0 spiro atoms. The number of rotatable bonds is 1. The lowest BCUT2D eigenvalue weighted by atomic mass is 9.99. The van der Waals surface area contributed by atoms with Crippen molar-refractivity contribution in [2.75, 3.05) is 24.7 Å². The number of carboxylic acid groups (broad SMARTS) is 1. The van der Waals surface area contributed by atoms with Crippen LogP contribution in [0.4, 0.5) is 4.79 Å². The first-order chi connectivity index (χ1) is 8.85. The third kappa shape index (κ3) is 2.36. The van der Waals surface area contributed by atoms with E-state index in [-0.39, 0.29) is 11.9 Å². The average Bonchev–Trinajstić information content (AvgIpc) is 2.81. The molecule has 0 aromatic rings. The first-order valence-electron chi connectivity index (χ1n) is 6.03. The van der Waals surface area contributed by atoms with Crippen molar-refractivity contribution in [2.24, 2.45) is 0 Å². The summed E-state index contributed by atoms with van der Waals surface area (Å²) in [6.45, 7) is 4.12. The highest BCUT2D eigenvalue weighted by molar-refractivity contribution is 7.99. The Labute approximate surface area is 115 Å². The molecular formula is C11H17N3O4S. The number of thioether (sulfide) groups is 1. The molecule has 0 aliphatic carbocycles. The van der Waals surface area contributed by atoms with Crippen molar-refractivity contribution in [2.45, 2.75) is 25.4 Å². The summed E-state index contributed by atoms with van der Waals surface area (Å²) in [6, 6.07) is -1.18.